The van der Waals surface area contributed by atoms with E-state index in [2.05, 4.69) is 14.9 Å². The molecule has 1 aliphatic rings. The summed E-state index contributed by atoms with van der Waals surface area (Å²) < 4.78 is 9.75. The Kier molecular flexibility index (Phi) is 3.48. The fourth-order valence-electron chi connectivity index (χ4n) is 1.26. The van der Waals surface area contributed by atoms with Crippen LogP contribution in [0, 0.1) is 0 Å². The Morgan fingerprint density at radius 2 is 2.44 bits per heavy atom. The van der Waals surface area contributed by atoms with Crippen molar-refractivity contribution in [1.82, 2.24) is 10.1 Å². The zero-order valence-corrected chi connectivity index (χ0v) is 10.1. The molecule has 0 aliphatic heterocycles. The number of nitrogens with zero attached hydrogens (tertiary/aromatic N) is 2. The second kappa shape index (κ2) is 4.86. The average Bonchev–Trinajstić information content (AvgIpc) is 3.05. The van der Waals surface area contributed by atoms with Crippen LogP contribution in [0.5, 0.6) is 0 Å². The molecule has 5 nitrogen and oxygen atoms in total. The van der Waals surface area contributed by atoms with Crippen molar-refractivity contribution in [2.75, 3.05) is 7.11 Å². The van der Waals surface area contributed by atoms with E-state index in [-0.39, 0.29) is 11.2 Å². The lowest BCUT2D eigenvalue weighted by Crippen LogP contribution is -2.15. The molecule has 0 radical (unpaired) electrons. The maximum atomic E-state index is 11.1. The molecule has 0 aromatic carbocycles. The molecular formula is C10H14N2O3S. The molecule has 0 spiro atoms. The largest absolute Gasteiger partial charge is 0.468 e. The van der Waals surface area contributed by atoms with Crippen LogP contribution >= 0.6 is 11.8 Å². The molecule has 1 fully saturated rings. The molecule has 1 aromatic heterocycles. The van der Waals surface area contributed by atoms with Gasteiger partial charge in [-0.1, -0.05) is 5.16 Å². The van der Waals surface area contributed by atoms with Crippen molar-refractivity contribution in [2.45, 2.75) is 36.7 Å². The smallest absolute Gasteiger partial charge is 0.318 e. The third-order valence-electron chi connectivity index (χ3n) is 2.41. The second-order valence-electron chi connectivity index (χ2n) is 3.80. The van der Waals surface area contributed by atoms with Gasteiger partial charge in [0.1, 0.15) is 5.25 Å². The lowest BCUT2D eigenvalue weighted by Gasteiger charge is -2.05. The van der Waals surface area contributed by atoms with Gasteiger partial charge in [-0.15, -0.1) is 11.8 Å². The minimum absolute atomic E-state index is 0.201. The average molecular weight is 242 g/mol. The number of hydrogen-bond acceptors (Lipinski definition) is 6. The van der Waals surface area contributed by atoms with Gasteiger partial charge in [-0.05, 0) is 19.8 Å². The van der Waals surface area contributed by atoms with Crippen LogP contribution in [0.2, 0.25) is 0 Å². The van der Waals surface area contributed by atoms with Crippen molar-refractivity contribution >= 4 is 17.7 Å². The number of carbonyl (C=O) groups excluding carboxylic acids is 1. The molecule has 1 atom stereocenters. The monoisotopic (exact) mass is 242 g/mol. The Morgan fingerprint density at radius 3 is 3.06 bits per heavy atom. The third-order valence-corrected chi connectivity index (χ3v) is 3.52. The van der Waals surface area contributed by atoms with E-state index in [0.717, 1.165) is 18.7 Å². The number of thioether (sulfide) groups is 1. The number of esters is 1. The number of aromatic nitrogens is 2. The lowest BCUT2D eigenvalue weighted by atomic mass is 10.4. The minimum Gasteiger partial charge on any atom is -0.468 e. The predicted octanol–water partition coefficient (Wildman–Crippen LogP) is 1.74. The van der Waals surface area contributed by atoms with E-state index in [4.69, 9.17) is 4.52 Å². The van der Waals surface area contributed by atoms with Crippen LogP contribution in [-0.2, 0) is 15.3 Å². The predicted molar refractivity (Wildman–Crippen MR) is 59.0 cm³/mol. The highest BCUT2D eigenvalue weighted by atomic mass is 32.2. The first-order valence-corrected chi connectivity index (χ1v) is 6.27. The van der Waals surface area contributed by atoms with Crippen molar-refractivity contribution in [3.63, 3.8) is 0 Å². The molecule has 0 amide bonds. The van der Waals surface area contributed by atoms with Gasteiger partial charge in [-0.3, -0.25) is 4.79 Å². The number of rotatable bonds is 5. The maximum absolute atomic E-state index is 11.1. The van der Waals surface area contributed by atoms with Crippen LogP contribution in [0.25, 0.3) is 0 Å². The quantitative estimate of drug-likeness (QED) is 0.733. The van der Waals surface area contributed by atoms with Gasteiger partial charge in [0, 0.05) is 5.92 Å². The van der Waals surface area contributed by atoms with Crippen molar-refractivity contribution in [3.05, 3.63) is 11.7 Å². The number of hydrogen-bond donors (Lipinski definition) is 0. The van der Waals surface area contributed by atoms with Crippen LogP contribution in [-0.4, -0.2) is 28.5 Å². The Hall–Kier alpha value is -1.04. The molecule has 0 bridgehead atoms. The van der Waals surface area contributed by atoms with Crippen LogP contribution < -0.4 is 0 Å². The number of ether oxygens (including phenoxy) is 1. The fourth-order valence-corrected chi connectivity index (χ4v) is 2.00. The summed E-state index contributed by atoms with van der Waals surface area (Å²) in [5.41, 5.74) is 0. The lowest BCUT2D eigenvalue weighted by molar-refractivity contribution is -0.139. The summed E-state index contributed by atoms with van der Waals surface area (Å²) in [6.45, 7) is 1.80. The maximum Gasteiger partial charge on any atom is 0.318 e. The summed E-state index contributed by atoms with van der Waals surface area (Å²) in [7, 11) is 1.39. The van der Waals surface area contributed by atoms with Crippen LogP contribution in [0.15, 0.2) is 4.52 Å². The van der Waals surface area contributed by atoms with Gasteiger partial charge in [-0.2, -0.15) is 4.98 Å². The molecule has 16 heavy (non-hydrogen) atoms. The van der Waals surface area contributed by atoms with Gasteiger partial charge in [-0.25, -0.2) is 0 Å². The SMILES string of the molecule is COC(=O)[C@@H](C)SCc1noc(C2CC2)n1. The highest BCUT2D eigenvalue weighted by Crippen LogP contribution is 2.39. The second-order valence-corrected chi connectivity index (χ2v) is 5.13. The summed E-state index contributed by atoms with van der Waals surface area (Å²) >= 11 is 1.45. The van der Waals surface area contributed by atoms with Crippen molar-refractivity contribution < 1.29 is 14.1 Å². The number of carbonyl (C=O) groups is 1. The van der Waals surface area contributed by atoms with E-state index in [0.29, 0.717) is 17.5 Å². The van der Waals surface area contributed by atoms with Crippen LogP contribution in [0.1, 0.15) is 37.4 Å². The van der Waals surface area contributed by atoms with Gasteiger partial charge in [0.25, 0.3) is 0 Å². The summed E-state index contributed by atoms with van der Waals surface area (Å²) in [6.07, 6.45) is 2.29. The molecule has 6 heteroatoms. The fraction of sp³-hybridized carbons (Fsp3) is 0.700. The summed E-state index contributed by atoms with van der Waals surface area (Å²) in [4.78, 5) is 15.4. The van der Waals surface area contributed by atoms with E-state index in [1.807, 2.05) is 0 Å². The van der Waals surface area contributed by atoms with Crippen molar-refractivity contribution in [3.8, 4) is 0 Å². The molecule has 0 unspecified atom stereocenters. The van der Waals surface area contributed by atoms with Crippen molar-refractivity contribution in [2.24, 2.45) is 0 Å². The van der Waals surface area contributed by atoms with Gasteiger partial charge >= 0.3 is 5.97 Å². The molecule has 2 rings (SSSR count). The zero-order valence-electron chi connectivity index (χ0n) is 9.30. The summed E-state index contributed by atoms with van der Waals surface area (Å²) in [5, 5.41) is 3.67. The molecule has 1 saturated carbocycles. The standard InChI is InChI=1S/C10H14N2O3S/c1-6(10(13)14-2)16-5-8-11-9(15-12-8)7-3-4-7/h6-7H,3-5H2,1-2H3/t6-/m1/s1. The first kappa shape index (κ1) is 11.4. The van der Waals surface area contributed by atoms with Crippen LogP contribution in [0.4, 0.5) is 0 Å². The van der Waals surface area contributed by atoms with Gasteiger partial charge < -0.3 is 9.26 Å². The van der Waals surface area contributed by atoms with E-state index in [1.54, 1.807) is 6.92 Å². The Labute approximate surface area is 97.9 Å². The van der Waals surface area contributed by atoms with Gasteiger partial charge in [0.15, 0.2) is 5.82 Å². The Balaban J connectivity index is 1.82. The molecule has 1 aliphatic carbocycles. The highest BCUT2D eigenvalue weighted by molar-refractivity contribution is 7.99. The van der Waals surface area contributed by atoms with E-state index < -0.39 is 0 Å². The first-order valence-electron chi connectivity index (χ1n) is 5.22. The van der Waals surface area contributed by atoms with E-state index >= 15 is 0 Å². The topological polar surface area (TPSA) is 65.2 Å². The molecule has 88 valence electrons. The Bertz CT molecular complexity index is 376. The summed E-state index contributed by atoms with van der Waals surface area (Å²) in [5.74, 6) is 2.22. The highest BCUT2D eigenvalue weighted by Gasteiger charge is 2.29. The van der Waals surface area contributed by atoms with Crippen molar-refractivity contribution in [1.29, 1.82) is 0 Å². The summed E-state index contributed by atoms with van der Waals surface area (Å²) in [6, 6.07) is 0. The molecule has 0 saturated heterocycles. The third kappa shape index (κ3) is 2.75. The van der Waals surface area contributed by atoms with Gasteiger partial charge in [0.2, 0.25) is 5.89 Å². The molecule has 1 aromatic rings. The first-order chi connectivity index (χ1) is 7.70. The minimum atomic E-state index is -0.226. The van der Waals surface area contributed by atoms with Gasteiger partial charge in [0.05, 0.1) is 12.9 Å². The van der Waals surface area contributed by atoms with Crippen LogP contribution in [0.3, 0.4) is 0 Å². The number of methoxy groups -OCH3 is 1. The van der Waals surface area contributed by atoms with E-state index in [9.17, 15) is 4.79 Å². The van der Waals surface area contributed by atoms with E-state index in [1.165, 1.54) is 18.9 Å². The zero-order chi connectivity index (χ0) is 11.5. The molecule has 0 N–H and O–H groups in total. The molecular weight excluding hydrogens is 228 g/mol. The molecule has 1 heterocycles. The normalized spacial score (nSPS) is 17.1. The Morgan fingerprint density at radius 1 is 1.69 bits per heavy atom.